The first-order valence-electron chi connectivity index (χ1n) is 5.09. The molecule has 0 bridgehead atoms. The molecule has 0 fully saturated rings. The van der Waals surface area contributed by atoms with E-state index in [1.54, 1.807) is 0 Å². The fraction of sp³-hybridized carbons (Fsp3) is 0. The van der Waals surface area contributed by atoms with Crippen molar-refractivity contribution in [2.75, 3.05) is 4.72 Å². The van der Waals surface area contributed by atoms with E-state index in [4.69, 9.17) is 28.3 Å². The zero-order valence-corrected chi connectivity index (χ0v) is 12.8. The van der Waals surface area contributed by atoms with E-state index in [2.05, 4.69) is 4.72 Å². The van der Waals surface area contributed by atoms with E-state index in [-0.39, 0.29) is 20.5 Å². The number of nitrogens with one attached hydrogen (secondary N) is 1. The molecule has 1 aromatic heterocycles. The fourth-order valence-electron chi connectivity index (χ4n) is 1.35. The van der Waals surface area contributed by atoms with Crippen LogP contribution in [0.25, 0.3) is 0 Å². The quantitative estimate of drug-likeness (QED) is 0.881. The summed E-state index contributed by atoms with van der Waals surface area (Å²) in [6.07, 6.45) is 0. The Morgan fingerprint density at radius 3 is 2.45 bits per heavy atom. The number of benzene rings is 1. The molecule has 5 nitrogen and oxygen atoms in total. The molecule has 0 aliphatic heterocycles. The molecule has 0 aliphatic carbocycles. The number of anilines is 1. The molecule has 0 atom stereocenters. The van der Waals surface area contributed by atoms with E-state index in [1.807, 2.05) is 0 Å². The van der Waals surface area contributed by atoms with E-state index in [0.717, 1.165) is 17.4 Å². The van der Waals surface area contributed by atoms with E-state index >= 15 is 0 Å². The standard InChI is InChI=1S/C11H7Cl2NO4S2/c12-8-2-1-6(3-9(8)13)14-20(17,18)7-4-10(11(15)16)19-5-7/h1-5,14H,(H,15,16). The molecule has 106 valence electrons. The Hall–Kier alpha value is -1.28. The second kappa shape index (κ2) is 5.61. The van der Waals surface area contributed by atoms with Gasteiger partial charge in [-0.25, -0.2) is 13.2 Å². The van der Waals surface area contributed by atoms with Gasteiger partial charge in [-0.05, 0) is 24.3 Å². The lowest BCUT2D eigenvalue weighted by Crippen LogP contribution is -2.12. The molecule has 2 N–H and O–H groups in total. The Bertz CT molecular complexity index is 770. The molecule has 1 aromatic carbocycles. The Morgan fingerprint density at radius 1 is 1.20 bits per heavy atom. The monoisotopic (exact) mass is 351 g/mol. The number of carbonyl (C=O) groups is 1. The minimum atomic E-state index is -3.86. The van der Waals surface area contributed by atoms with Crippen LogP contribution in [0.5, 0.6) is 0 Å². The summed E-state index contributed by atoms with van der Waals surface area (Å²) >= 11 is 12.4. The molecule has 0 radical (unpaired) electrons. The van der Waals surface area contributed by atoms with Crippen LogP contribution in [0.4, 0.5) is 5.69 Å². The largest absolute Gasteiger partial charge is 0.477 e. The maximum absolute atomic E-state index is 12.1. The van der Waals surface area contributed by atoms with Crippen LogP contribution in [-0.2, 0) is 10.0 Å². The lowest BCUT2D eigenvalue weighted by Gasteiger charge is -2.07. The Labute approximate surface area is 128 Å². The summed E-state index contributed by atoms with van der Waals surface area (Å²) < 4.78 is 26.4. The van der Waals surface area contributed by atoms with Gasteiger partial charge in [-0.1, -0.05) is 23.2 Å². The summed E-state index contributed by atoms with van der Waals surface area (Å²) in [5, 5.41) is 10.6. The van der Waals surface area contributed by atoms with Crippen molar-refractivity contribution in [1.82, 2.24) is 0 Å². The van der Waals surface area contributed by atoms with Gasteiger partial charge in [-0.2, -0.15) is 0 Å². The first kappa shape index (κ1) is 15.1. The van der Waals surface area contributed by atoms with E-state index < -0.39 is 16.0 Å². The third-order valence-electron chi connectivity index (χ3n) is 2.27. The fourth-order valence-corrected chi connectivity index (χ4v) is 3.80. The molecule has 20 heavy (non-hydrogen) atoms. The maximum Gasteiger partial charge on any atom is 0.345 e. The summed E-state index contributed by atoms with van der Waals surface area (Å²) in [4.78, 5) is 10.6. The first-order chi connectivity index (χ1) is 9.29. The summed E-state index contributed by atoms with van der Waals surface area (Å²) in [7, 11) is -3.86. The number of aromatic carboxylic acids is 1. The highest BCUT2D eigenvalue weighted by atomic mass is 35.5. The summed E-state index contributed by atoms with van der Waals surface area (Å²) in [5.74, 6) is -1.18. The van der Waals surface area contributed by atoms with Gasteiger partial charge in [0.15, 0.2) is 0 Å². The average Bonchev–Trinajstić information content (AvgIpc) is 2.84. The number of hydrogen-bond acceptors (Lipinski definition) is 4. The van der Waals surface area contributed by atoms with Gasteiger partial charge in [0.05, 0.1) is 20.6 Å². The second-order valence-electron chi connectivity index (χ2n) is 3.69. The molecule has 0 unspecified atom stereocenters. The highest BCUT2D eigenvalue weighted by Crippen LogP contribution is 2.27. The number of thiophene rings is 1. The zero-order chi connectivity index (χ0) is 14.9. The van der Waals surface area contributed by atoms with Crippen LogP contribution in [0.2, 0.25) is 10.0 Å². The van der Waals surface area contributed by atoms with Crippen LogP contribution in [0.1, 0.15) is 9.67 Å². The van der Waals surface area contributed by atoms with Crippen LogP contribution in [0.15, 0.2) is 34.5 Å². The molecule has 0 saturated carbocycles. The Kier molecular flexibility index (Phi) is 4.24. The van der Waals surface area contributed by atoms with Gasteiger partial charge >= 0.3 is 5.97 Å². The average molecular weight is 352 g/mol. The molecule has 2 rings (SSSR count). The van der Waals surface area contributed by atoms with Crippen molar-refractivity contribution in [3.05, 3.63) is 44.6 Å². The van der Waals surface area contributed by atoms with Crippen LogP contribution in [0, 0.1) is 0 Å². The Balaban J connectivity index is 2.30. The smallest absolute Gasteiger partial charge is 0.345 e. The zero-order valence-electron chi connectivity index (χ0n) is 9.63. The number of halogens is 2. The lowest BCUT2D eigenvalue weighted by atomic mass is 10.3. The molecule has 0 aliphatic rings. The number of carboxylic acid groups (broad SMARTS) is 1. The number of rotatable bonds is 4. The molecule has 0 spiro atoms. The highest BCUT2D eigenvalue weighted by molar-refractivity contribution is 7.92. The SMILES string of the molecule is O=C(O)c1cc(S(=O)(=O)Nc2ccc(Cl)c(Cl)c2)cs1. The van der Waals surface area contributed by atoms with Gasteiger partial charge in [0.2, 0.25) is 0 Å². The van der Waals surface area contributed by atoms with Gasteiger partial charge in [0.25, 0.3) is 10.0 Å². The van der Waals surface area contributed by atoms with Gasteiger partial charge in [0, 0.05) is 5.38 Å². The van der Waals surface area contributed by atoms with Crippen molar-refractivity contribution in [2.45, 2.75) is 4.90 Å². The third kappa shape index (κ3) is 3.24. The molecule has 9 heteroatoms. The molecule has 0 amide bonds. The van der Waals surface area contributed by atoms with Crippen molar-refractivity contribution < 1.29 is 18.3 Å². The van der Waals surface area contributed by atoms with Crippen LogP contribution in [-0.4, -0.2) is 19.5 Å². The van der Waals surface area contributed by atoms with E-state index in [9.17, 15) is 13.2 Å². The Morgan fingerprint density at radius 2 is 1.90 bits per heavy atom. The minimum absolute atomic E-state index is 0.0560. The first-order valence-corrected chi connectivity index (χ1v) is 8.21. The van der Waals surface area contributed by atoms with Gasteiger partial charge in [-0.15, -0.1) is 11.3 Å². The van der Waals surface area contributed by atoms with Crippen molar-refractivity contribution in [3.8, 4) is 0 Å². The molecular weight excluding hydrogens is 345 g/mol. The molecular formula is C11H7Cl2NO4S2. The molecule has 1 heterocycles. The van der Waals surface area contributed by atoms with Crippen molar-refractivity contribution in [3.63, 3.8) is 0 Å². The number of hydrogen-bond donors (Lipinski definition) is 2. The van der Waals surface area contributed by atoms with E-state index in [0.29, 0.717) is 5.02 Å². The topological polar surface area (TPSA) is 83.5 Å². The minimum Gasteiger partial charge on any atom is -0.477 e. The van der Waals surface area contributed by atoms with Crippen molar-refractivity contribution in [1.29, 1.82) is 0 Å². The van der Waals surface area contributed by atoms with E-state index in [1.165, 1.54) is 23.6 Å². The predicted molar refractivity (Wildman–Crippen MR) is 78.5 cm³/mol. The summed E-state index contributed by atoms with van der Waals surface area (Å²) in [6, 6.07) is 5.37. The predicted octanol–water partition coefficient (Wildman–Crippen LogP) is 3.55. The molecule has 2 aromatic rings. The van der Waals surface area contributed by atoms with Crippen LogP contribution >= 0.6 is 34.5 Å². The highest BCUT2D eigenvalue weighted by Gasteiger charge is 2.19. The maximum atomic E-state index is 12.1. The third-order valence-corrected chi connectivity index (χ3v) is 5.44. The number of sulfonamides is 1. The summed E-state index contributed by atoms with van der Waals surface area (Å²) in [5.41, 5.74) is 0.238. The van der Waals surface area contributed by atoms with Crippen LogP contribution < -0.4 is 4.72 Å². The summed E-state index contributed by atoms with van der Waals surface area (Å²) in [6.45, 7) is 0. The molecule has 0 saturated heterocycles. The van der Waals surface area contributed by atoms with Gasteiger partial charge in [0.1, 0.15) is 4.88 Å². The van der Waals surface area contributed by atoms with Gasteiger partial charge in [-0.3, -0.25) is 4.72 Å². The van der Waals surface area contributed by atoms with Crippen LogP contribution in [0.3, 0.4) is 0 Å². The number of carboxylic acids is 1. The van der Waals surface area contributed by atoms with Crippen molar-refractivity contribution in [2.24, 2.45) is 0 Å². The second-order valence-corrected chi connectivity index (χ2v) is 7.09. The lowest BCUT2D eigenvalue weighted by molar-refractivity contribution is 0.0702. The van der Waals surface area contributed by atoms with Crippen molar-refractivity contribution >= 4 is 56.2 Å². The normalized spacial score (nSPS) is 11.3. The van der Waals surface area contributed by atoms with Gasteiger partial charge < -0.3 is 5.11 Å².